The minimum atomic E-state index is 0.672. The largest absolute Gasteiger partial charge is 0.317 e. The Morgan fingerprint density at radius 1 is 1.42 bits per heavy atom. The normalized spacial score (nSPS) is 29.8. The fourth-order valence-corrected chi connectivity index (χ4v) is 2.01. The topological polar surface area (TPSA) is 15.3 Å². The van der Waals surface area contributed by atoms with E-state index in [4.69, 9.17) is 0 Å². The maximum Gasteiger partial charge on any atom is 0.00762 e. The van der Waals surface area contributed by atoms with Gasteiger partial charge in [0.05, 0.1) is 0 Å². The molecular formula is C10H22N2. The van der Waals surface area contributed by atoms with Gasteiger partial charge in [-0.3, -0.25) is 0 Å². The Morgan fingerprint density at radius 3 is 2.83 bits per heavy atom. The van der Waals surface area contributed by atoms with Gasteiger partial charge in [-0.1, -0.05) is 6.42 Å². The average Bonchev–Trinajstić information content (AvgIpc) is 2.28. The third-order valence-electron chi connectivity index (χ3n) is 3.07. The summed E-state index contributed by atoms with van der Waals surface area (Å²) in [5.74, 6) is 0.850. The van der Waals surface area contributed by atoms with Crippen LogP contribution in [-0.2, 0) is 0 Å². The highest BCUT2D eigenvalue weighted by molar-refractivity contribution is 4.76. The highest BCUT2D eigenvalue weighted by Gasteiger charge is 2.19. The zero-order valence-corrected chi connectivity index (χ0v) is 8.64. The number of rotatable bonds is 2. The molecule has 1 fully saturated rings. The molecule has 1 aliphatic heterocycles. The summed E-state index contributed by atoms with van der Waals surface area (Å²) in [6.07, 6.45) is 4.18. The summed E-state index contributed by atoms with van der Waals surface area (Å²) in [5.41, 5.74) is 0. The third kappa shape index (κ3) is 2.76. The zero-order valence-electron chi connectivity index (χ0n) is 8.64. The molecule has 0 saturated carbocycles. The van der Waals surface area contributed by atoms with Gasteiger partial charge in [-0.05, 0) is 46.3 Å². The van der Waals surface area contributed by atoms with Crippen molar-refractivity contribution < 1.29 is 0 Å². The molecule has 12 heavy (non-hydrogen) atoms. The second-order valence-electron chi connectivity index (χ2n) is 4.10. The van der Waals surface area contributed by atoms with Crippen LogP contribution in [-0.4, -0.2) is 38.1 Å². The van der Waals surface area contributed by atoms with E-state index in [-0.39, 0.29) is 0 Å². The minimum Gasteiger partial charge on any atom is -0.317 e. The van der Waals surface area contributed by atoms with E-state index < -0.39 is 0 Å². The molecule has 0 aromatic carbocycles. The first kappa shape index (κ1) is 10.0. The lowest BCUT2D eigenvalue weighted by atomic mass is 9.96. The molecule has 0 amide bonds. The van der Waals surface area contributed by atoms with E-state index in [0.29, 0.717) is 6.04 Å². The van der Waals surface area contributed by atoms with Crippen LogP contribution in [0.5, 0.6) is 0 Å². The van der Waals surface area contributed by atoms with Crippen molar-refractivity contribution in [1.82, 2.24) is 10.2 Å². The van der Waals surface area contributed by atoms with Gasteiger partial charge in [-0.25, -0.2) is 0 Å². The Kier molecular flexibility index (Phi) is 4.02. The second kappa shape index (κ2) is 4.83. The van der Waals surface area contributed by atoms with Crippen molar-refractivity contribution in [2.24, 2.45) is 5.92 Å². The standard InChI is InChI=1S/C10H22N2/c1-9(11-2)10-6-4-5-7-12(3)8-10/h9-11H,4-8H2,1-3H3. The molecule has 2 unspecified atom stereocenters. The SMILES string of the molecule is CNC(C)C1CCCCN(C)C1. The first-order valence-electron chi connectivity index (χ1n) is 5.10. The lowest BCUT2D eigenvalue weighted by molar-refractivity contribution is 0.264. The smallest absolute Gasteiger partial charge is 0.00762 e. The van der Waals surface area contributed by atoms with Crippen molar-refractivity contribution in [3.05, 3.63) is 0 Å². The van der Waals surface area contributed by atoms with Crippen molar-refractivity contribution >= 4 is 0 Å². The molecule has 0 aromatic rings. The van der Waals surface area contributed by atoms with E-state index in [1.54, 1.807) is 0 Å². The van der Waals surface area contributed by atoms with Crippen LogP contribution in [0.25, 0.3) is 0 Å². The molecule has 0 bridgehead atoms. The summed E-state index contributed by atoms with van der Waals surface area (Å²) >= 11 is 0. The summed E-state index contributed by atoms with van der Waals surface area (Å²) in [5, 5.41) is 3.36. The predicted octanol–water partition coefficient (Wildman–Crippen LogP) is 1.33. The monoisotopic (exact) mass is 170 g/mol. The molecule has 1 heterocycles. The average molecular weight is 170 g/mol. The van der Waals surface area contributed by atoms with Crippen LogP contribution < -0.4 is 5.32 Å². The van der Waals surface area contributed by atoms with Gasteiger partial charge in [0.1, 0.15) is 0 Å². The molecule has 2 nitrogen and oxygen atoms in total. The molecule has 1 N–H and O–H groups in total. The van der Waals surface area contributed by atoms with Crippen molar-refractivity contribution in [3.63, 3.8) is 0 Å². The lowest BCUT2D eigenvalue weighted by Crippen LogP contribution is -2.36. The summed E-state index contributed by atoms with van der Waals surface area (Å²) in [6, 6.07) is 0.672. The number of likely N-dealkylation sites (tertiary alicyclic amines) is 1. The molecule has 1 saturated heterocycles. The van der Waals surface area contributed by atoms with E-state index in [2.05, 4.69) is 31.2 Å². The Bertz CT molecular complexity index is 125. The van der Waals surface area contributed by atoms with Gasteiger partial charge < -0.3 is 10.2 Å². The zero-order chi connectivity index (χ0) is 8.97. The van der Waals surface area contributed by atoms with E-state index in [9.17, 15) is 0 Å². The molecule has 0 radical (unpaired) electrons. The van der Waals surface area contributed by atoms with Gasteiger partial charge >= 0.3 is 0 Å². The summed E-state index contributed by atoms with van der Waals surface area (Å²) < 4.78 is 0. The maximum absolute atomic E-state index is 3.36. The van der Waals surface area contributed by atoms with Crippen LogP contribution in [0.3, 0.4) is 0 Å². The van der Waals surface area contributed by atoms with Gasteiger partial charge in [0.15, 0.2) is 0 Å². The maximum atomic E-state index is 3.36. The van der Waals surface area contributed by atoms with E-state index in [1.165, 1.54) is 32.4 Å². The highest BCUT2D eigenvalue weighted by atomic mass is 15.1. The van der Waals surface area contributed by atoms with Gasteiger partial charge in [0.25, 0.3) is 0 Å². The fourth-order valence-electron chi connectivity index (χ4n) is 2.01. The summed E-state index contributed by atoms with van der Waals surface area (Å²) in [6.45, 7) is 4.85. The second-order valence-corrected chi connectivity index (χ2v) is 4.10. The van der Waals surface area contributed by atoms with Crippen molar-refractivity contribution in [2.45, 2.75) is 32.2 Å². The van der Waals surface area contributed by atoms with Gasteiger partial charge in [0, 0.05) is 12.6 Å². The first-order chi connectivity index (χ1) is 5.74. The lowest BCUT2D eigenvalue weighted by Gasteiger charge is -2.25. The van der Waals surface area contributed by atoms with Crippen molar-refractivity contribution in [1.29, 1.82) is 0 Å². The molecule has 72 valence electrons. The molecular weight excluding hydrogens is 148 g/mol. The molecule has 2 heteroatoms. The summed E-state index contributed by atoms with van der Waals surface area (Å²) in [7, 11) is 4.30. The number of hydrogen-bond donors (Lipinski definition) is 1. The molecule has 0 aliphatic carbocycles. The summed E-state index contributed by atoms with van der Waals surface area (Å²) in [4.78, 5) is 2.46. The van der Waals surface area contributed by atoms with E-state index in [0.717, 1.165) is 5.92 Å². The molecule has 0 spiro atoms. The van der Waals surface area contributed by atoms with Gasteiger partial charge in [0.2, 0.25) is 0 Å². The van der Waals surface area contributed by atoms with Crippen LogP contribution >= 0.6 is 0 Å². The fraction of sp³-hybridized carbons (Fsp3) is 1.00. The van der Waals surface area contributed by atoms with Crippen molar-refractivity contribution in [3.8, 4) is 0 Å². The van der Waals surface area contributed by atoms with Crippen LogP contribution in [0, 0.1) is 5.92 Å². The van der Waals surface area contributed by atoms with Crippen LogP contribution in [0.2, 0.25) is 0 Å². The number of nitrogens with one attached hydrogen (secondary N) is 1. The Labute approximate surface area is 76.3 Å². The Morgan fingerprint density at radius 2 is 2.17 bits per heavy atom. The molecule has 0 aromatic heterocycles. The van der Waals surface area contributed by atoms with E-state index in [1.807, 2.05) is 0 Å². The number of nitrogens with zero attached hydrogens (tertiary/aromatic N) is 1. The third-order valence-corrected chi connectivity index (χ3v) is 3.07. The molecule has 1 aliphatic rings. The highest BCUT2D eigenvalue weighted by Crippen LogP contribution is 2.18. The Balaban J connectivity index is 2.40. The van der Waals surface area contributed by atoms with Gasteiger partial charge in [-0.15, -0.1) is 0 Å². The quantitative estimate of drug-likeness (QED) is 0.672. The van der Waals surface area contributed by atoms with Crippen LogP contribution in [0.1, 0.15) is 26.2 Å². The van der Waals surface area contributed by atoms with Crippen molar-refractivity contribution in [2.75, 3.05) is 27.2 Å². The Hall–Kier alpha value is -0.0800. The van der Waals surface area contributed by atoms with Gasteiger partial charge in [-0.2, -0.15) is 0 Å². The number of hydrogen-bond acceptors (Lipinski definition) is 2. The van der Waals surface area contributed by atoms with E-state index >= 15 is 0 Å². The minimum absolute atomic E-state index is 0.672. The molecule has 2 atom stereocenters. The van der Waals surface area contributed by atoms with Crippen LogP contribution in [0.15, 0.2) is 0 Å². The molecule has 1 rings (SSSR count). The predicted molar refractivity (Wildman–Crippen MR) is 53.4 cm³/mol. The first-order valence-corrected chi connectivity index (χ1v) is 5.10. The van der Waals surface area contributed by atoms with Crippen LogP contribution in [0.4, 0.5) is 0 Å².